The van der Waals surface area contributed by atoms with Gasteiger partial charge in [0, 0.05) is 5.56 Å². The van der Waals surface area contributed by atoms with Crippen molar-refractivity contribution in [1.29, 1.82) is 0 Å². The molecule has 0 aromatic heterocycles. The lowest BCUT2D eigenvalue weighted by molar-refractivity contribution is -0.140. The van der Waals surface area contributed by atoms with Crippen LogP contribution < -0.4 is 5.32 Å². The van der Waals surface area contributed by atoms with Crippen LogP contribution in [0.15, 0.2) is 48.5 Å². The Morgan fingerprint density at radius 3 is 2.35 bits per heavy atom. The Morgan fingerprint density at radius 2 is 1.78 bits per heavy atom. The number of aryl methyl sites for hydroxylation is 1. The largest absolute Gasteiger partial charge is 0.480 e. The van der Waals surface area contributed by atoms with Crippen LogP contribution in [-0.4, -0.2) is 34.7 Å². The summed E-state index contributed by atoms with van der Waals surface area (Å²) in [6.07, 6.45) is 0.744. The molecule has 3 N–H and O–H groups in total. The molecule has 0 fully saturated rings. The molecule has 2 aromatic carbocycles. The summed E-state index contributed by atoms with van der Waals surface area (Å²) in [5.74, 6) is -1.78. The van der Waals surface area contributed by atoms with E-state index in [1.165, 1.54) is 0 Å². The van der Waals surface area contributed by atoms with E-state index >= 15 is 0 Å². The Bertz CT molecular complexity index is 697. The summed E-state index contributed by atoms with van der Waals surface area (Å²) in [5.41, 5.74) is 3.08. The first kappa shape index (κ1) is 16.7. The highest BCUT2D eigenvalue weighted by Gasteiger charge is 2.22. The third-order valence-electron chi connectivity index (χ3n) is 3.62. The van der Waals surface area contributed by atoms with E-state index in [2.05, 4.69) is 5.32 Å². The predicted molar refractivity (Wildman–Crippen MR) is 87.2 cm³/mol. The fraction of sp³-hybridized carbons (Fsp3) is 0.222. The number of nitrogens with one attached hydrogen (secondary N) is 1. The molecule has 0 saturated carbocycles. The van der Waals surface area contributed by atoms with Crippen molar-refractivity contribution in [2.45, 2.75) is 19.4 Å². The number of aliphatic hydroxyl groups is 1. The zero-order chi connectivity index (χ0) is 16.8. The molecule has 1 atom stereocenters. The molecular formula is C18H19NO4. The van der Waals surface area contributed by atoms with Crippen molar-refractivity contribution >= 4 is 11.9 Å². The van der Waals surface area contributed by atoms with Gasteiger partial charge in [-0.05, 0) is 29.2 Å². The molecule has 0 heterocycles. The number of amides is 1. The van der Waals surface area contributed by atoms with Gasteiger partial charge in [0.25, 0.3) is 5.91 Å². The summed E-state index contributed by atoms with van der Waals surface area (Å²) in [6.45, 7) is 1.34. The van der Waals surface area contributed by atoms with Crippen LogP contribution in [0, 0.1) is 0 Å². The summed E-state index contributed by atoms with van der Waals surface area (Å²) >= 11 is 0. The average molecular weight is 313 g/mol. The van der Waals surface area contributed by atoms with E-state index in [0.29, 0.717) is 5.56 Å². The van der Waals surface area contributed by atoms with Crippen LogP contribution in [0.25, 0.3) is 11.1 Å². The van der Waals surface area contributed by atoms with Gasteiger partial charge in [0.2, 0.25) is 0 Å². The Morgan fingerprint density at radius 1 is 1.09 bits per heavy atom. The maximum atomic E-state index is 12.5. The summed E-state index contributed by atoms with van der Waals surface area (Å²) in [7, 11) is 0. The van der Waals surface area contributed by atoms with Crippen molar-refractivity contribution in [2.75, 3.05) is 6.61 Å². The second-order valence-electron chi connectivity index (χ2n) is 5.11. The number of carbonyl (C=O) groups excluding carboxylic acids is 1. The van der Waals surface area contributed by atoms with Crippen LogP contribution in [0.5, 0.6) is 0 Å². The van der Waals surface area contributed by atoms with E-state index in [9.17, 15) is 9.59 Å². The maximum Gasteiger partial charge on any atom is 0.328 e. The zero-order valence-electron chi connectivity index (χ0n) is 12.8. The number of rotatable bonds is 6. The standard InChI is InChI=1S/C18H19NO4/c1-2-12-9-6-10-14(16(12)13-7-4-3-5-8-13)17(21)19-15(11-20)18(22)23/h3-10,15,20H,2,11H2,1H3,(H,19,21)(H,22,23)/t15-/m0/s1. The van der Waals surface area contributed by atoms with E-state index in [0.717, 1.165) is 23.1 Å². The summed E-state index contributed by atoms with van der Waals surface area (Å²) in [5, 5.41) is 20.4. The molecule has 0 aliphatic rings. The normalized spacial score (nSPS) is 11.7. The number of hydrogen-bond donors (Lipinski definition) is 3. The lowest BCUT2D eigenvalue weighted by atomic mass is 9.92. The molecule has 2 rings (SSSR count). The number of carboxylic acids is 1. The number of aliphatic carboxylic acids is 1. The molecule has 0 spiro atoms. The molecule has 0 aliphatic carbocycles. The molecule has 5 nitrogen and oxygen atoms in total. The van der Waals surface area contributed by atoms with Gasteiger partial charge >= 0.3 is 5.97 Å². The van der Waals surface area contributed by atoms with Crippen LogP contribution in [0.3, 0.4) is 0 Å². The average Bonchev–Trinajstić information content (AvgIpc) is 2.59. The third kappa shape index (κ3) is 3.76. The van der Waals surface area contributed by atoms with Crippen molar-refractivity contribution in [3.8, 4) is 11.1 Å². The summed E-state index contributed by atoms with van der Waals surface area (Å²) < 4.78 is 0. The second kappa shape index (κ2) is 7.56. The SMILES string of the molecule is CCc1cccc(C(=O)N[C@@H](CO)C(=O)O)c1-c1ccccc1. The first-order valence-corrected chi connectivity index (χ1v) is 7.40. The van der Waals surface area contributed by atoms with E-state index in [-0.39, 0.29) is 0 Å². The van der Waals surface area contributed by atoms with Gasteiger partial charge in [-0.1, -0.05) is 49.4 Å². The van der Waals surface area contributed by atoms with Gasteiger partial charge in [-0.25, -0.2) is 4.79 Å². The minimum Gasteiger partial charge on any atom is -0.480 e. The first-order valence-electron chi connectivity index (χ1n) is 7.40. The van der Waals surface area contributed by atoms with Gasteiger partial charge in [0.15, 0.2) is 6.04 Å². The molecule has 23 heavy (non-hydrogen) atoms. The molecule has 0 aliphatic heterocycles. The Balaban J connectivity index is 2.46. The highest BCUT2D eigenvalue weighted by Crippen LogP contribution is 2.28. The number of carboxylic acid groups (broad SMARTS) is 1. The number of aliphatic hydroxyl groups excluding tert-OH is 1. The Labute approximate surface area is 134 Å². The molecule has 1 amide bonds. The van der Waals surface area contributed by atoms with Gasteiger partial charge in [-0.3, -0.25) is 4.79 Å². The summed E-state index contributed by atoms with van der Waals surface area (Å²) in [6, 6.07) is 13.5. The molecule has 5 heteroatoms. The Kier molecular flexibility index (Phi) is 5.49. The molecule has 0 bridgehead atoms. The zero-order valence-corrected chi connectivity index (χ0v) is 12.8. The molecule has 0 unspecified atom stereocenters. The van der Waals surface area contributed by atoms with Crippen LogP contribution >= 0.6 is 0 Å². The minimum absolute atomic E-state index is 0.398. The van der Waals surface area contributed by atoms with Crippen molar-refractivity contribution in [3.05, 3.63) is 59.7 Å². The van der Waals surface area contributed by atoms with E-state index in [1.807, 2.05) is 43.3 Å². The van der Waals surface area contributed by atoms with Gasteiger partial charge < -0.3 is 15.5 Å². The van der Waals surface area contributed by atoms with Gasteiger partial charge in [-0.2, -0.15) is 0 Å². The fourth-order valence-electron chi connectivity index (χ4n) is 2.45. The maximum absolute atomic E-state index is 12.5. The van der Waals surface area contributed by atoms with Crippen LogP contribution in [-0.2, 0) is 11.2 Å². The van der Waals surface area contributed by atoms with E-state index in [1.54, 1.807) is 12.1 Å². The summed E-state index contributed by atoms with van der Waals surface area (Å²) in [4.78, 5) is 23.5. The number of hydrogen-bond acceptors (Lipinski definition) is 3. The van der Waals surface area contributed by atoms with Gasteiger partial charge in [0.05, 0.1) is 6.61 Å². The number of benzene rings is 2. The Hall–Kier alpha value is -2.66. The molecular weight excluding hydrogens is 294 g/mol. The van der Waals surface area contributed by atoms with Crippen molar-refractivity contribution in [1.82, 2.24) is 5.32 Å². The van der Waals surface area contributed by atoms with E-state index in [4.69, 9.17) is 10.2 Å². The molecule has 120 valence electrons. The second-order valence-corrected chi connectivity index (χ2v) is 5.11. The molecule has 0 radical (unpaired) electrons. The quantitative estimate of drug-likeness (QED) is 0.762. The van der Waals surface area contributed by atoms with Crippen LogP contribution in [0.1, 0.15) is 22.8 Å². The van der Waals surface area contributed by atoms with Crippen molar-refractivity contribution in [3.63, 3.8) is 0 Å². The smallest absolute Gasteiger partial charge is 0.328 e. The minimum atomic E-state index is -1.32. The van der Waals surface area contributed by atoms with E-state index < -0.39 is 24.5 Å². The third-order valence-corrected chi connectivity index (χ3v) is 3.62. The van der Waals surface area contributed by atoms with Crippen LogP contribution in [0.4, 0.5) is 0 Å². The number of carbonyl (C=O) groups is 2. The van der Waals surface area contributed by atoms with Gasteiger partial charge in [-0.15, -0.1) is 0 Å². The highest BCUT2D eigenvalue weighted by atomic mass is 16.4. The lowest BCUT2D eigenvalue weighted by Crippen LogP contribution is -2.43. The first-order chi connectivity index (χ1) is 11.1. The lowest BCUT2D eigenvalue weighted by Gasteiger charge is -2.16. The van der Waals surface area contributed by atoms with Gasteiger partial charge in [0.1, 0.15) is 0 Å². The molecule has 0 saturated heterocycles. The molecule has 2 aromatic rings. The van der Waals surface area contributed by atoms with Crippen molar-refractivity contribution < 1.29 is 19.8 Å². The van der Waals surface area contributed by atoms with Crippen LogP contribution in [0.2, 0.25) is 0 Å². The highest BCUT2D eigenvalue weighted by molar-refractivity contribution is 6.03. The fourth-order valence-corrected chi connectivity index (χ4v) is 2.45. The predicted octanol–water partition coefficient (Wildman–Crippen LogP) is 2.09. The topological polar surface area (TPSA) is 86.6 Å². The monoisotopic (exact) mass is 313 g/mol. The van der Waals surface area contributed by atoms with Crippen molar-refractivity contribution in [2.24, 2.45) is 0 Å².